The summed E-state index contributed by atoms with van der Waals surface area (Å²) in [5.41, 5.74) is -1.81. The van der Waals surface area contributed by atoms with Crippen LogP contribution in [0.1, 0.15) is 6.23 Å². The molecule has 0 amide bonds. The Hall–Kier alpha value is -1.67. The molecule has 1 unspecified atom stereocenters. The molecule has 206 valence electrons. The SMILES string of the molecule is O=C[C@H](O)[C@@H](O)[C@H](O)[C@@H](CO)OP(=O)(OC[C@@H]1O[C@@H](n2ccc(=O)[nH]c2=O)[C@H](O)[C@@H]1O)OP(=O)(O)O. The van der Waals surface area contributed by atoms with Crippen LogP contribution in [0.3, 0.4) is 0 Å². The summed E-state index contributed by atoms with van der Waals surface area (Å²) in [7, 11) is -11.2. The average Bonchev–Trinajstić information content (AvgIpc) is 3.07. The van der Waals surface area contributed by atoms with Gasteiger partial charge in [-0.25, -0.2) is 13.9 Å². The number of H-pyrrole nitrogens is 1. The highest BCUT2D eigenvalue weighted by atomic mass is 31.3. The van der Waals surface area contributed by atoms with Gasteiger partial charge in [0.05, 0.1) is 13.2 Å². The van der Waals surface area contributed by atoms with Crippen molar-refractivity contribution in [2.75, 3.05) is 13.2 Å². The van der Waals surface area contributed by atoms with Gasteiger partial charge in [-0.15, -0.1) is 0 Å². The van der Waals surface area contributed by atoms with Gasteiger partial charge in [0.1, 0.15) is 42.7 Å². The van der Waals surface area contributed by atoms with E-state index in [1.165, 1.54) is 0 Å². The van der Waals surface area contributed by atoms with Crippen molar-refractivity contribution in [2.45, 2.75) is 49.0 Å². The molecule has 1 aromatic rings. The van der Waals surface area contributed by atoms with Gasteiger partial charge in [0.25, 0.3) is 5.56 Å². The van der Waals surface area contributed by atoms with Gasteiger partial charge < -0.3 is 50.0 Å². The van der Waals surface area contributed by atoms with E-state index in [1.807, 2.05) is 4.98 Å². The van der Waals surface area contributed by atoms with Crippen molar-refractivity contribution in [2.24, 2.45) is 0 Å². The lowest BCUT2D eigenvalue weighted by atomic mass is 10.0. The number of hydrogen-bond donors (Lipinski definition) is 9. The number of aldehydes is 1. The van der Waals surface area contributed by atoms with E-state index in [2.05, 4.69) is 8.83 Å². The van der Waals surface area contributed by atoms with E-state index in [0.29, 0.717) is 4.57 Å². The van der Waals surface area contributed by atoms with Crippen molar-refractivity contribution in [3.8, 4) is 0 Å². The number of carbonyl (C=O) groups is 1. The van der Waals surface area contributed by atoms with E-state index in [9.17, 15) is 54.2 Å². The van der Waals surface area contributed by atoms with Crippen LogP contribution in [0.15, 0.2) is 21.9 Å². The zero-order valence-electron chi connectivity index (χ0n) is 17.9. The maximum atomic E-state index is 12.9. The average molecular weight is 566 g/mol. The second kappa shape index (κ2) is 12.2. The number of hydrogen-bond acceptors (Lipinski definition) is 15. The predicted molar refractivity (Wildman–Crippen MR) is 110 cm³/mol. The smallest absolute Gasteiger partial charge is 0.394 e. The Morgan fingerprint density at radius 2 is 1.78 bits per heavy atom. The van der Waals surface area contributed by atoms with E-state index < -0.39 is 89.1 Å². The third-order valence-electron chi connectivity index (χ3n) is 4.73. The topological polar surface area (TPSA) is 305 Å². The van der Waals surface area contributed by atoms with Crippen LogP contribution in [0.2, 0.25) is 0 Å². The van der Waals surface area contributed by atoms with Gasteiger partial charge in [0.15, 0.2) is 12.5 Å². The fraction of sp³-hybridized carbons (Fsp3) is 0.667. The molecule has 0 spiro atoms. The van der Waals surface area contributed by atoms with Gasteiger partial charge in [-0.05, 0) is 0 Å². The monoisotopic (exact) mass is 566 g/mol. The third kappa shape index (κ3) is 7.67. The normalized spacial score (nSPS) is 27.7. The van der Waals surface area contributed by atoms with Crippen LogP contribution < -0.4 is 11.2 Å². The number of carbonyl (C=O) groups excluding carboxylic acids is 1. The van der Waals surface area contributed by atoms with E-state index in [-0.39, 0.29) is 6.29 Å². The number of aromatic amines is 1. The first-order valence-corrected chi connectivity index (χ1v) is 12.7. The van der Waals surface area contributed by atoms with Crippen LogP contribution >= 0.6 is 15.6 Å². The molecule has 0 bridgehead atoms. The summed E-state index contributed by atoms with van der Waals surface area (Å²) >= 11 is 0. The molecule has 1 fully saturated rings. The standard InChI is InChI=1S/C15H24N2O17P2/c18-3-6(20)10(22)11(23)7(4-19)33-36(30,34-35(27,28)29)31-5-8-12(24)13(25)14(32-8)17-2-1-9(21)16-15(17)26/h1-3,6-8,10-14,19-20,22-25H,4-5H2,(H,16,21,26)(H2,27,28,29)/t6-,7+,8-,10+,11+,12+,13+,14+,36?/m0/s1. The number of nitrogens with one attached hydrogen (secondary N) is 1. The summed E-state index contributed by atoms with van der Waals surface area (Å²) in [6.45, 7) is -2.40. The fourth-order valence-corrected chi connectivity index (χ4v) is 5.26. The van der Waals surface area contributed by atoms with E-state index in [4.69, 9.17) is 19.0 Å². The number of phosphoric acid groups is 2. The summed E-state index contributed by atoms with van der Waals surface area (Å²) in [4.78, 5) is 53.7. The molecule has 1 saturated heterocycles. The predicted octanol–water partition coefficient (Wildman–Crippen LogP) is -4.95. The van der Waals surface area contributed by atoms with Crippen molar-refractivity contribution in [3.63, 3.8) is 0 Å². The van der Waals surface area contributed by atoms with Crippen LogP contribution in [0.25, 0.3) is 0 Å². The highest BCUT2D eigenvalue weighted by Gasteiger charge is 2.47. The fourth-order valence-electron chi connectivity index (χ4n) is 2.96. The lowest BCUT2D eigenvalue weighted by Gasteiger charge is -2.29. The maximum absolute atomic E-state index is 12.9. The minimum atomic E-state index is -5.67. The number of ether oxygens (including phenoxy) is 1. The third-order valence-corrected chi connectivity index (χ3v) is 7.38. The molecule has 21 heteroatoms. The quantitative estimate of drug-likeness (QED) is 0.0797. The first-order chi connectivity index (χ1) is 16.6. The molecule has 0 radical (unpaired) electrons. The lowest BCUT2D eigenvalue weighted by molar-refractivity contribution is -0.135. The second-order valence-electron chi connectivity index (χ2n) is 7.31. The van der Waals surface area contributed by atoms with Crippen LogP contribution in [-0.4, -0.2) is 112 Å². The second-order valence-corrected chi connectivity index (χ2v) is 10.3. The van der Waals surface area contributed by atoms with E-state index in [0.717, 1.165) is 12.3 Å². The van der Waals surface area contributed by atoms with Crippen molar-refractivity contribution in [1.29, 1.82) is 0 Å². The van der Waals surface area contributed by atoms with E-state index in [1.54, 1.807) is 0 Å². The molecule has 1 aliphatic heterocycles. The molecule has 0 aromatic carbocycles. The highest BCUT2D eigenvalue weighted by molar-refractivity contribution is 7.61. The Kier molecular flexibility index (Phi) is 10.4. The number of aliphatic hydroxyl groups excluding tert-OH is 6. The highest BCUT2D eigenvalue weighted by Crippen LogP contribution is 2.62. The van der Waals surface area contributed by atoms with E-state index >= 15 is 0 Å². The summed E-state index contributed by atoms with van der Waals surface area (Å²) < 4.78 is 43.5. The molecule has 2 rings (SSSR count). The Morgan fingerprint density at radius 3 is 2.31 bits per heavy atom. The first-order valence-electron chi connectivity index (χ1n) is 9.75. The van der Waals surface area contributed by atoms with Crippen LogP contribution in [0.4, 0.5) is 0 Å². The minimum absolute atomic E-state index is 0.196. The van der Waals surface area contributed by atoms with Gasteiger partial charge in [-0.3, -0.25) is 23.4 Å². The molecule has 0 aliphatic carbocycles. The zero-order chi connectivity index (χ0) is 27.4. The molecule has 36 heavy (non-hydrogen) atoms. The molecular formula is C15H24N2O17P2. The number of aliphatic hydroxyl groups is 6. The molecule has 0 saturated carbocycles. The molecule has 9 N–H and O–H groups in total. The summed E-state index contributed by atoms with van der Waals surface area (Å²) in [6.07, 6.45) is -15.3. The number of nitrogens with zero attached hydrogens (tertiary/aromatic N) is 1. The molecule has 1 aliphatic rings. The lowest BCUT2D eigenvalue weighted by Crippen LogP contribution is -2.47. The molecule has 2 heterocycles. The molecular weight excluding hydrogens is 542 g/mol. The van der Waals surface area contributed by atoms with Crippen LogP contribution in [0, 0.1) is 0 Å². The number of rotatable bonds is 13. The number of aromatic nitrogens is 2. The van der Waals surface area contributed by atoms with Gasteiger partial charge in [0, 0.05) is 12.3 Å². The molecule has 9 atom stereocenters. The van der Waals surface area contributed by atoms with Gasteiger partial charge in [-0.2, -0.15) is 4.31 Å². The summed E-state index contributed by atoms with van der Waals surface area (Å²) in [6, 6.07) is 0.903. The van der Waals surface area contributed by atoms with Gasteiger partial charge in [-0.1, -0.05) is 0 Å². The Morgan fingerprint density at radius 1 is 1.14 bits per heavy atom. The molecule has 1 aromatic heterocycles. The van der Waals surface area contributed by atoms with Crippen LogP contribution in [-0.2, 0) is 32.0 Å². The Bertz CT molecular complexity index is 1100. The van der Waals surface area contributed by atoms with Crippen molar-refractivity contribution in [1.82, 2.24) is 9.55 Å². The van der Waals surface area contributed by atoms with Gasteiger partial charge >= 0.3 is 21.3 Å². The first kappa shape index (κ1) is 30.6. The number of phosphoric ester groups is 1. The van der Waals surface area contributed by atoms with Crippen molar-refractivity contribution >= 4 is 21.9 Å². The maximum Gasteiger partial charge on any atom is 0.484 e. The van der Waals surface area contributed by atoms with Crippen LogP contribution in [0.5, 0.6) is 0 Å². The Labute approximate surface area is 199 Å². The Balaban J connectivity index is 2.22. The largest absolute Gasteiger partial charge is 0.484 e. The minimum Gasteiger partial charge on any atom is -0.394 e. The zero-order valence-corrected chi connectivity index (χ0v) is 19.6. The van der Waals surface area contributed by atoms with Crippen molar-refractivity contribution in [3.05, 3.63) is 33.1 Å². The summed E-state index contributed by atoms with van der Waals surface area (Å²) in [5.74, 6) is 0. The molecule has 19 nitrogen and oxygen atoms in total. The van der Waals surface area contributed by atoms with Gasteiger partial charge in [0.2, 0.25) is 0 Å². The summed E-state index contributed by atoms with van der Waals surface area (Å²) in [5, 5.41) is 58.7. The van der Waals surface area contributed by atoms with Crippen molar-refractivity contribution < 1.29 is 72.4 Å².